The molecule has 3 N–H and O–H groups in total. The van der Waals surface area contributed by atoms with Gasteiger partial charge in [-0.3, -0.25) is 13.9 Å². The van der Waals surface area contributed by atoms with Crippen LogP contribution in [-0.4, -0.2) is 89.8 Å². The second kappa shape index (κ2) is 16.7. The van der Waals surface area contributed by atoms with Crippen molar-refractivity contribution < 1.29 is 28.4 Å². The lowest BCUT2D eigenvalue weighted by Gasteiger charge is -2.35. The Morgan fingerprint density at radius 1 is 1.00 bits per heavy atom. The molecular weight excluding hydrogens is 885 g/mol. The standard InChI is InChI=1S/C51H61FN9O6P/c1-10-68(65,11-2)42-15-13-36(26-39(42)53-9)58-19-20-59(49(58)64)45-43-32(6)57(18-16-38(43)55-61(45)37-22-29(3)44(52)30(4)23-37)46(62)41-25-35-24-33(34-17-21-66-50(7,8)28-34)12-14-40(35)60(41)51(27-31(51)5)47-54-48(63)67-56-47/h12-15,19-20,22-26,31-32,34,48,53,63H,10-11,16-18,21,27-28H2,1-9H3,(H,54,56)/t31-,32-,34+,48?,51-/m0/s1. The van der Waals surface area contributed by atoms with Crippen molar-refractivity contribution in [1.29, 1.82) is 0 Å². The van der Waals surface area contributed by atoms with Gasteiger partial charge in [-0.15, -0.1) is 0 Å². The van der Waals surface area contributed by atoms with Crippen molar-refractivity contribution in [3.05, 3.63) is 117 Å². The van der Waals surface area contributed by atoms with Gasteiger partial charge >= 0.3 is 5.69 Å². The molecule has 1 aliphatic carbocycles. The number of nitrogens with zero attached hydrogens (tertiary/aromatic N) is 7. The Bertz CT molecular complexity index is 3130. The summed E-state index contributed by atoms with van der Waals surface area (Å²) < 4.78 is 42.0. The van der Waals surface area contributed by atoms with Gasteiger partial charge in [0.05, 0.1) is 28.7 Å². The molecule has 10 rings (SSSR count). The number of fused-ring (bicyclic) bond motifs is 2. The van der Waals surface area contributed by atoms with Crippen LogP contribution >= 0.6 is 7.14 Å². The highest BCUT2D eigenvalue weighted by Gasteiger charge is 2.60. The van der Waals surface area contributed by atoms with E-state index in [-0.39, 0.29) is 34.9 Å². The monoisotopic (exact) mass is 945 g/mol. The second-order valence-corrected chi connectivity index (χ2v) is 23.3. The smallest absolute Gasteiger partial charge is 0.338 e. The lowest BCUT2D eigenvalue weighted by Crippen LogP contribution is -2.43. The third-order valence-electron chi connectivity index (χ3n) is 15.2. The molecule has 17 heteroatoms. The first-order chi connectivity index (χ1) is 32.4. The van der Waals surface area contributed by atoms with E-state index >= 15 is 9.18 Å². The summed E-state index contributed by atoms with van der Waals surface area (Å²) >= 11 is 0. The number of hydrogen-bond acceptors (Lipinski definition) is 10. The van der Waals surface area contributed by atoms with Crippen LogP contribution in [0.15, 0.2) is 76.8 Å². The summed E-state index contributed by atoms with van der Waals surface area (Å²) in [4.78, 5) is 42.2. The van der Waals surface area contributed by atoms with E-state index < -0.39 is 25.1 Å². The van der Waals surface area contributed by atoms with Gasteiger partial charge in [-0.2, -0.15) is 5.10 Å². The Balaban J connectivity index is 1.10. The number of aliphatic imine (C=N–C) groups is 1. The number of carbonyl (C=O) groups excluding carboxylic acids is 1. The van der Waals surface area contributed by atoms with Crippen molar-refractivity contribution >= 4 is 40.8 Å². The molecule has 3 aromatic heterocycles. The largest absolute Gasteiger partial charge is 0.387 e. The van der Waals surface area contributed by atoms with Crippen LogP contribution in [0.1, 0.15) is 111 Å². The lowest BCUT2D eigenvalue weighted by molar-refractivity contribution is -0.103. The molecular formula is C51H61FN9O6P. The number of aromatic nitrogens is 5. The van der Waals surface area contributed by atoms with E-state index in [0.29, 0.717) is 89.4 Å². The first-order valence-electron chi connectivity index (χ1n) is 23.8. The van der Waals surface area contributed by atoms with Crippen molar-refractivity contribution in [2.24, 2.45) is 10.9 Å². The number of halogens is 1. The van der Waals surface area contributed by atoms with Crippen molar-refractivity contribution in [3.63, 3.8) is 0 Å². The Morgan fingerprint density at radius 3 is 2.37 bits per heavy atom. The molecule has 2 fully saturated rings. The summed E-state index contributed by atoms with van der Waals surface area (Å²) in [6.45, 7) is 16.6. The maximum Gasteiger partial charge on any atom is 0.338 e. The van der Waals surface area contributed by atoms with Gasteiger partial charge in [-0.25, -0.2) is 29.2 Å². The number of hydroxylamine groups is 1. The molecule has 6 aromatic rings. The number of amidine groups is 1. The number of benzene rings is 3. The summed E-state index contributed by atoms with van der Waals surface area (Å²) in [6, 6.07) is 16.8. The van der Waals surface area contributed by atoms with Crippen LogP contribution in [0.5, 0.6) is 0 Å². The number of aryl methyl sites for hydroxylation is 2. The molecule has 0 bridgehead atoms. The number of nitrogens with one attached hydrogen (secondary N) is 2. The zero-order valence-electron chi connectivity index (χ0n) is 40.3. The third kappa shape index (κ3) is 7.28. The van der Waals surface area contributed by atoms with Crippen LogP contribution in [0.4, 0.5) is 10.1 Å². The Hall–Kier alpha value is -5.80. The van der Waals surface area contributed by atoms with Crippen LogP contribution in [0, 0.1) is 25.6 Å². The Kier molecular flexibility index (Phi) is 11.3. The molecule has 6 heterocycles. The summed E-state index contributed by atoms with van der Waals surface area (Å²) in [5.41, 5.74) is 8.14. The normalized spacial score (nSPS) is 23.4. The highest BCUT2D eigenvalue weighted by Crippen LogP contribution is 2.54. The van der Waals surface area contributed by atoms with E-state index in [9.17, 15) is 14.5 Å². The fourth-order valence-electron chi connectivity index (χ4n) is 11.3. The number of anilines is 1. The van der Waals surface area contributed by atoms with E-state index in [4.69, 9.17) is 14.7 Å². The van der Waals surface area contributed by atoms with Gasteiger partial charge in [0.1, 0.15) is 30.0 Å². The number of hydrogen-bond donors (Lipinski definition) is 3. The van der Waals surface area contributed by atoms with Crippen molar-refractivity contribution in [3.8, 4) is 17.2 Å². The number of aliphatic hydroxyl groups is 1. The molecule has 4 aliphatic rings. The number of aliphatic hydroxyl groups excluding tert-OH is 1. The molecule has 1 unspecified atom stereocenters. The van der Waals surface area contributed by atoms with E-state index in [1.807, 2.05) is 49.9 Å². The fraction of sp³-hybridized carbons (Fsp3) is 0.451. The molecule has 358 valence electrons. The van der Waals surface area contributed by atoms with Crippen LogP contribution < -0.4 is 21.8 Å². The molecule has 0 radical (unpaired) electrons. The van der Waals surface area contributed by atoms with E-state index in [1.54, 1.807) is 59.2 Å². The van der Waals surface area contributed by atoms with Gasteiger partial charge in [0.15, 0.2) is 5.84 Å². The van der Waals surface area contributed by atoms with E-state index in [0.717, 1.165) is 34.7 Å². The highest BCUT2D eigenvalue weighted by atomic mass is 31.2. The minimum atomic E-state index is -2.65. The molecule has 1 saturated carbocycles. The fourth-order valence-corrected chi connectivity index (χ4v) is 13.4. The third-order valence-corrected chi connectivity index (χ3v) is 18.5. The number of rotatable bonds is 11. The predicted molar refractivity (Wildman–Crippen MR) is 262 cm³/mol. The summed E-state index contributed by atoms with van der Waals surface area (Å²) in [7, 11) is -0.868. The average molecular weight is 946 g/mol. The maximum absolute atomic E-state index is 15.6. The Labute approximate surface area is 395 Å². The second-order valence-electron chi connectivity index (χ2n) is 19.7. The molecule has 1 amide bonds. The summed E-state index contributed by atoms with van der Waals surface area (Å²) in [6.07, 6.45) is 5.89. The number of carbonyl (C=O) groups is 1. The summed E-state index contributed by atoms with van der Waals surface area (Å²) in [5, 5.41) is 20.4. The van der Waals surface area contributed by atoms with Crippen molar-refractivity contribution in [1.82, 2.24) is 33.9 Å². The van der Waals surface area contributed by atoms with Gasteiger partial charge < -0.3 is 29.2 Å². The van der Waals surface area contributed by atoms with E-state index in [2.05, 4.69) is 59.3 Å². The first-order valence-corrected chi connectivity index (χ1v) is 25.9. The number of amides is 1. The molecule has 15 nitrogen and oxygen atoms in total. The summed E-state index contributed by atoms with van der Waals surface area (Å²) in [5.74, 6) is 0.724. The highest BCUT2D eigenvalue weighted by molar-refractivity contribution is 7.71. The maximum atomic E-state index is 15.6. The van der Waals surface area contributed by atoms with Gasteiger partial charge in [-0.1, -0.05) is 26.8 Å². The lowest BCUT2D eigenvalue weighted by atomic mass is 9.83. The Morgan fingerprint density at radius 2 is 1.72 bits per heavy atom. The zero-order chi connectivity index (χ0) is 48.2. The van der Waals surface area contributed by atoms with Crippen LogP contribution in [-0.2, 0) is 26.1 Å². The molecule has 68 heavy (non-hydrogen) atoms. The molecule has 3 aromatic carbocycles. The topological polar surface area (TPSA) is 162 Å². The molecule has 0 spiro atoms. The quantitative estimate of drug-likeness (QED) is 0.109. The molecule has 3 aliphatic heterocycles. The number of ether oxygens (including phenoxy) is 1. The van der Waals surface area contributed by atoms with Gasteiger partial charge in [0, 0.05) is 78.8 Å². The van der Waals surface area contributed by atoms with Gasteiger partial charge in [-0.05, 0) is 131 Å². The average Bonchev–Trinajstić information content (AvgIpc) is 3.82. The van der Waals surface area contributed by atoms with Crippen molar-refractivity contribution in [2.75, 3.05) is 37.8 Å². The van der Waals surface area contributed by atoms with Gasteiger partial charge in [0.25, 0.3) is 12.3 Å². The zero-order valence-corrected chi connectivity index (χ0v) is 41.2. The predicted octanol–water partition coefficient (Wildman–Crippen LogP) is 7.97. The molecule has 5 atom stereocenters. The SMILES string of the molecule is CCP(=O)(CC)c1ccc(-n2ccn(-c3c4c(nn3-c3cc(C)c(F)c(C)c3)CCN(C(=O)c3cc5cc([C@@H]6CCOC(C)(C)C6)ccc5n3[C@@]3(C5=NC(O)ON5)C[C@@H]3C)[C@H]4C)c2=O)cc1NC. The first kappa shape index (κ1) is 46.0. The minimum Gasteiger partial charge on any atom is -0.387 e. The van der Waals surface area contributed by atoms with E-state index in [1.165, 1.54) is 5.56 Å². The van der Waals surface area contributed by atoms with Crippen LogP contribution in [0.25, 0.3) is 28.1 Å². The minimum absolute atomic E-state index is 0.0534. The van der Waals surface area contributed by atoms with Crippen molar-refractivity contribution in [2.45, 2.75) is 111 Å². The number of imidazole rings is 1. The van der Waals surface area contributed by atoms with Crippen LogP contribution in [0.2, 0.25) is 0 Å². The van der Waals surface area contributed by atoms with Gasteiger partial charge in [0.2, 0.25) is 0 Å². The van der Waals surface area contributed by atoms with Crippen LogP contribution in [0.3, 0.4) is 0 Å². The molecule has 1 saturated heterocycles.